The Labute approximate surface area is 101 Å². The predicted octanol–water partition coefficient (Wildman–Crippen LogP) is 0.795. The van der Waals surface area contributed by atoms with Crippen LogP contribution < -0.4 is 10.6 Å². The Hall–Kier alpha value is -1.65. The molecule has 1 fully saturated rings. The molecule has 1 amide bonds. The zero-order valence-electron chi connectivity index (χ0n) is 10.3. The van der Waals surface area contributed by atoms with Crippen molar-refractivity contribution in [3.05, 3.63) is 17.5 Å². The van der Waals surface area contributed by atoms with E-state index in [-0.39, 0.29) is 11.8 Å². The Bertz CT molecular complexity index is 412. The van der Waals surface area contributed by atoms with E-state index in [1.54, 1.807) is 0 Å². The number of carbonyl (C=O) groups excluding carboxylic acids is 1. The van der Waals surface area contributed by atoms with E-state index in [4.69, 9.17) is 5.73 Å². The molecule has 1 saturated heterocycles. The standard InChI is InChI=1S/C12H18N4O/c1-8-6-9(2)15-12(14-8)16-5-3-4-10(7-16)11(13)17/h6,10H,3-5,7H2,1-2H3,(H2,13,17)/t10-/m0/s1. The van der Waals surface area contributed by atoms with Crippen molar-refractivity contribution in [2.45, 2.75) is 26.7 Å². The lowest BCUT2D eigenvalue weighted by atomic mass is 9.98. The third-order valence-electron chi connectivity index (χ3n) is 3.08. The zero-order valence-corrected chi connectivity index (χ0v) is 10.3. The summed E-state index contributed by atoms with van der Waals surface area (Å²) in [6.07, 6.45) is 1.83. The molecule has 5 nitrogen and oxygen atoms in total. The smallest absolute Gasteiger partial charge is 0.225 e. The van der Waals surface area contributed by atoms with Gasteiger partial charge in [-0.05, 0) is 32.8 Å². The van der Waals surface area contributed by atoms with Crippen molar-refractivity contribution in [2.24, 2.45) is 11.7 Å². The highest BCUT2D eigenvalue weighted by Gasteiger charge is 2.25. The van der Waals surface area contributed by atoms with Gasteiger partial charge in [0, 0.05) is 24.5 Å². The Morgan fingerprint density at radius 3 is 2.65 bits per heavy atom. The van der Waals surface area contributed by atoms with Crippen molar-refractivity contribution in [1.29, 1.82) is 0 Å². The van der Waals surface area contributed by atoms with E-state index >= 15 is 0 Å². The average molecular weight is 234 g/mol. The van der Waals surface area contributed by atoms with E-state index in [0.717, 1.165) is 30.8 Å². The van der Waals surface area contributed by atoms with Crippen LogP contribution >= 0.6 is 0 Å². The van der Waals surface area contributed by atoms with Crippen LogP contribution in [0.5, 0.6) is 0 Å². The van der Waals surface area contributed by atoms with Crippen LogP contribution in [0.2, 0.25) is 0 Å². The summed E-state index contributed by atoms with van der Waals surface area (Å²) in [5.74, 6) is 0.417. The summed E-state index contributed by atoms with van der Waals surface area (Å²) in [6.45, 7) is 5.44. The summed E-state index contributed by atoms with van der Waals surface area (Å²) in [7, 11) is 0. The molecule has 0 unspecified atom stereocenters. The van der Waals surface area contributed by atoms with E-state index in [9.17, 15) is 4.79 Å². The van der Waals surface area contributed by atoms with Gasteiger partial charge < -0.3 is 10.6 Å². The van der Waals surface area contributed by atoms with Crippen molar-refractivity contribution < 1.29 is 4.79 Å². The third-order valence-corrected chi connectivity index (χ3v) is 3.08. The molecule has 92 valence electrons. The van der Waals surface area contributed by atoms with Gasteiger partial charge in [0.2, 0.25) is 11.9 Å². The van der Waals surface area contributed by atoms with Crippen LogP contribution in [0.3, 0.4) is 0 Å². The molecule has 0 aromatic carbocycles. The van der Waals surface area contributed by atoms with Gasteiger partial charge in [0.15, 0.2) is 0 Å². The SMILES string of the molecule is Cc1cc(C)nc(N2CCC[C@H](C(N)=O)C2)n1. The first-order chi connectivity index (χ1) is 8.06. The van der Waals surface area contributed by atoms with Crippen LogP contribution in [0.4, 0.5) is 5.95 Å². The summed E-state index contributed by atoms with van der Waals surface area (Å²) in [4.78, 5) is 22.1. The van der Waals surface area contributed by atoms with Crippen molar-refractivity contribution >= 4 is 11.9 Å². The van der Waals surface area contributed by atoms with Gasteiger partial charge in [-0.25, -0.2) is 9.97 Å². The number of carbonyl (C=O) groups is 1. The Kier molecular flexibility index (Phi) is 3.26. The van der Waals surface area contributed by atoms with Crippen molar-refractivity contribution in [2.75, 3.05) is 18.0 Å². The summed E-state index contributed by atoms with van der Waals surface area (Å²) < 4.78 is 0. The maximum atomic E-state index is 11.2. The lowest BCUT2D eigenvalue weighted by molar-refractivity contribution is -0.122. The van der Waals surface area contributed by atoms with Crippen LogP contribution in [0.1, 0.15) is 24.2 Å². The number of amides is 1. The molecule has 1 atom stereocenters. The molecule has 1 aromatic heterocycles. The molecule has 1 aromatic rings. The molecule has 2 N–H and O–H groups in total. The first-order valence-corrected chi connectivity index (χ1v) is 5.93. The molecule has 1 aliphatic rings. The first-order valence-electron chi connectivity index (χ1n) is 5.93. The van der Waals surface area contributed by atoms with Crippen LogP contribution in [0.15, 0.2) is 6.07 Å². The second kappa shape index (κ2) is 4.69. The normalized spacial score (nSPS) is 20.4. The number of piperidine rings is 1. The van der Waals surface area contributed by atoms with E-state index in [1.165, 1.54) is 0 Å². The fourth-order valence-electron chi connectivity index (χ4n) is 2.24. The second-order valence-electron chi connectivity index (χ2n) is 4.64. The van der Waals surface area contributed by atoms with Crippen molar-refractivity contribution in [3.8, 4) is 0 Å². The van der Waals surface area contributed by atoms with Gasteiger partial charge in [0.05, 0.1) is 5.92 Å². The number of hydrogen-bond acceptors (Lipinski definition) is 4. The Balaban J connectivity index is 2.18. The minimum atomic E-state index is -0.223. The number of hydrogen-bond donors (Lipinski definition) is 1. The summed E-state index contributed by atoms with van der Waals surface area (Å²) in [6, 6.07) is 1.94. The number of rotatable bonds is 2. The topological polar surface area (TPSA) is 72.1 Å². The predicted molar refractivity (Wildman–Crippen MR) is 65.6 cm³/mol. The number of aromatic nitrogens is 2. The van der Waals surface area contributed by atoms with Crippen LogP contribution in [0, 0.1) is 19.8 Å². The molecule has 17 heavy (non-hydrogen) atoms. The molecule has 2 rings (SSSR count). The molecule has 2 heterocycles. The third kappa shape index (κ3) is 2.72. The van der Waals surface area contributed by atoms with Crippen LogP contribution in [-0.2, 0) is 4.79 Å². The molecule has 0 spiro atoms. The van der Waals surface area contributed by atoms with Gasteiger partial charge in [0.1, 0.15) is 0 Å². The summed E-state index contributed by atoms with van der Waals surface area (Å²) in [5.41, 5.74) is 7.27. The highest BCUT2D eigenvalue weighted by atomic mass is 16.1. The molecular formula is C12H18N4O. The Morgan fingerprint density at radius 2 is 2.06 bits per heavy atom. The lowest BCUT2D eigenvalue weighted by Gasteiger charge is -2.31. The molecule has 5 heteroatoms. The molecule has 0 bridgehead atoms. The molecule has 0 aliphatic carbocycles. The molecule has 0 saturated carbocycles. The maximum Gasteiger partial charge on any atom is 0.225 e. The average Bonchev–Trinajstić information content (AvgIpc) is 2.28. The van der Waals surface area contributed by atoms with Gasteiger partial charge in [-0.1, -0.05) is 0 Å². The molecular weight excluding hydrogens is 216 g/mol. The van der Waals surface area contributed by atoms with E-state index in [0.29, 0.717) is 12.5 Å². The summed E-state index contributed by atoms with van der Waals surface area (Å²) >= 11 is 0. The van der Waals surface area contributed by atoms with Gasteiger partial charge in [-0.15, -0.1) is 0 Å². The fraction of sp³-hybridized carbons (Fsp3) is 0.583. The van der Waals surface area contributed by atoms with Gasteiger partial charge in [-0.3, -0.25) is 4.79 Å². The molecule has 1 aliphatic heterocycles. The highest BCUT2D eigenvalue weighted by Crippen LogP contribution is 2.20. The number of nitrogens with zero attached hydrogens (tertiary/aromatic N) is 3. The number of anilines is 1. The van der Waals surface area contributed by atoms with E-state index in [2.05, 4.69) is 14.9 Å². The minimum absolute atomic E-state index is 0.0758. The minimum Gasteiger partial charge on any atom is -0.369 e. The monoisotopic (exact) mass is 234 g/mol. The second-order valence-corrected chi connectivity index (χ2v) is 4.64. The Morgan fingerprint density at radius 1 is 1.41 bits per heavy atom. The van der Waals surface area contributed by atoms with E-state index < -0.39 is 0 Å². The zero-order chi connectivity index (χ0) is 12.4. The van der Waals surface area contributed by atoms with Crippen molar-refractivity contribution in [3.63, 3.8) is 0 Å². The van der Waals surface area contributed by atoms with Gasteiger partial charge in [0.25, 0.3) is 0 Å². The quantitative estimate of drug-likeness (QED) is 0.821. The van der Waals surface area contributed by atoms with Gasteiger partial charge in [-0.2, -0.15) is 0 Å². The largest absolute Gasteiger partial charge is 0.369 e. The number of primary amides is 1. The summed E-state index contributed by atoms with van der Waals surface area (Å²) in [5, 5.41) is 0. The van der Waals surface area contributed by atoms with Crippen molar-refractivity contribution in [1.82, 2.24) is 9.97 Å². The first kappa shape index (κ1) is 11.8. The fourth-order valence-corrected chi connectivity index (χ4v) is 2.24. The highest BCUT2D eigenvalue weighted by molar-refractivity contribution is 5.77. The lowest BCUT2D eigenvalue weighted by Crippen LogP contribution is -2.42. The van der Waals surface area contributed by atoms with Crippen LogP contribution in [0.25, 0.3) is 0 Å². The maximum absolute atomic E-state index is 11.2. The van der Waals surface area contributed by atoms with Crippen LogP contribution in [-0.4, -0.2) is 29.0 Å². The van der Waals surface area contributed by atoms with E-state index in [1.807, 2.05) is 19.9 Å². The molecule has 0 radical (unpaired) electrons. The van der Waals surface area contributed by atoms with Gasteiger partial charge >= 0.3 is 0 Å². The number of nitrogens with two attached hydrogens (primary N) is 1. The number of aryl methyl sites for hydroxylation is 2.